The fraction of sp³-hybridized carbons (Fsp3) is 0.278. The van der Waals surface area contributed by atoms with Gasteiger partial charge in [-0.05, 0) is 43.3 Å². The van der Waals surface area contributed by atoms with Gasteiger partial charge in [-0.25, -0.2) is 0 Å². The van der Waals surface area contributed by atoms with Crippen LogP contribution in [0.15, 0.2) is 54.6 Å². The van der Waals surface area contributed by atoms with E-state index < -0.39 is 0 Å². The van der Waals surface area contributed by atoms with E-state index in [4.69, 9.17) is 9.47 Å². The van der Waals surface area contributed by atoms with E-state index in [2.05, 4.69) is 0 Å². The van der Waals surface area contributed by atoms with Crippen LogP contribution in [0.2, 0.25) is 0 Å². The second-order valence-corrected chi connectivity index (χ2v) is 4.75. The van der Waals surface area contributed by atoms with E-state index in [1.54, 1.807) is 24.1 Å². The molecule has 22 heavy (non-hydrogen) atoms. The fourth-order valence-corrected chi connectivity index (χ4v) is 2.14. The third-order valence-corrected chi connectivity index (χ3v) is 3.29. The topological polar surface area (TPSA) is 38.8 Å². The Morgan fingerprint density at radius 3 is 2.27 bits per heavy atom. The molecule has 0 unspecified atom stereocenters. The lowest BCUT2D eigenvalue weighted by molar-refractivity contribution is 0.0988. The van der Waals surface area contributed by atoms with Gasteiger partial charge in [0.25, 0.3) is 5.91 Å². The molecule has 0 radical (unpaired) electrons. The zero-order chi connectivity index (χ0) is 15.8. The third kappa shape index (κ3) is 4.09. The number of ether oxygens (including phenoxy) is 2. The first-order chi connectivity index (χ1) is 10.8. The van der Waals surface area contributed by atoms with Crippen molar-refractivity contribution in [1.29, 1.82) is 0 Å². The fourth-order valence-electron chi connectivity index (χ4n) is 2.14. The number of rotatable bonds is 7. The van der Waals surface area contributed by atoms with Crippen LogP contribution in [0.5, 0.6) is 5.75 Å². The summed E-state index contributed by atoms with van der Waals surface area (Å²) in [5.74, 6) is 0.716. The molecule has 0 fully saturated rings. The molecular formula is C18H21NO3. The van der Waals surface area contributed by atoms with Crippen LogP contribution in [0.25, 0.3) is 0 Å². The van der Waals surface area contributed by atoms with Crippen molar-refractivity contribution in [3.8, 4) is 5.75 Å². The van der Waals surface area contributed by atoms with Crippen molar-refractivity contribution < 1.29 is 14.3 Å². The number of hydrogen-bond acceptors (Lipinski definition) is 3. The Balaban J connectivity index is 2.08. The van der Waals surface area contributed by atoms with E-state index in [0.717, 1.165) is 11.4 Å². The minimum absolute atomic E-state index is 0.0165. The molecule has 0 heterocycles. The third-order valence-electron chi connectivity index (χ3n) is 3.29. The summed E-state index contributed by atoms with van der Waals surface area (Å²) in [7, 11) is 1.63. The van der Waals surface area contributed by atoms with Crippen LogP contribution >= 0.6 is 0 Å². The Hall–Kier alpha value is -2.33. The first-order valence-corrected chi connectivity index (χ1v) is 7.35. The van der Waals surface area contributed by atoms with Crippen molar-refractivity contribution in [2.75, 3.05) is 31.8 Å². The second kappa shape index (κ2) is 8.20. The Kier molecular flexibility index (Phi) is 5.98. The first-order valence-electron chi connectivity index (χ1n) is 7.35. The molecule has 0 N–H and O–H groups in total. The first kappa shape index (κ1) is 16.0. The monoisotopic (exact) mass is 299 g/mol. The summed E-state index contributed by atoms with van der Waals surface area (Å²) in [6.07, 6.45) is 0. The highest BCUT2D eigenvalue weighted by molar-refractivity contribution is 6.06. The molecule has 2 aromatic rings. The lowest BCUT2D eigenvalue weighted by Gasteiger charge is -2.21. The average molecular weight is 299 g/mol. The zero-order valence-corrected chi connectivity index (χ0v) is 13.0. The highest BCUT2D eigenvalue weighted by Gasteiger charge is 2.15. The van der Waals surface area contributed by atoms with Crippen LogP contribution in [0.3, 0.4) is 0 Å². The van der Waals surface area contributed by atoms with E-state index in [1.165, 1.54) is 0 Å². The number of amides is 1. The van der Waals surface area contributed by atoms with E-state index in [-0.39, 0.29) is 5.91 Å². The van der Waals surface area contributed by atoms with Gasteiger partial charge in [-0.1, -0.05) is 18.2 Å². The van der Waals surface area contributed by atoms with Crippen LogP contribution in [0.1, 0.15) is 17.3 Å². The summed E-state index contributed by atoms with van der Waals surface area (Å²) in [5, 5.41) is 0. The van der Waals surface area contributed by atoms with Crippen molar-refractivity contribution in [2.45, 2.75) is 6.92 Å². The molecule has 0 bridgehead atoms. The molecule has 4 nitrogen and oxygen atoms in total. The molecule has 2 aromatic carbocycles. The highest BCUT2D eigenvalue weighted by Crippen LogP contribution is 2.18. The van der Waals surface area contributed by atoms with E-state index in [9.17, 15) is 4.79 Å². The van der Waals surface area contributed by atoms with E-state index in [1.807, 2.05) is 49.4 Å². The van der Waals surface area contributed by atoms with Gasteiger partial charge in [0.1, 0.15) is 12.4 Å². The predicted octanol–water partition coefficient (Wildman–Crippen LogP) is 3.38. The number of methoxy groups -OCH3 is 1. The number of carbonyl (C=O) groups is 1. The number of carbonyl (C=O) groups excluding carboxylic acids is 1. The standard InChI is InChI=1S/C18H21NO3/c1-3-19(16-7-5-4-6-8-16)18(20)15-9-11-17(12-10-15)22-14-13-21-2/h4-12H,3,13-14H2,1-2H3. The molecule has 1 amide bonds. The van der Waals surface area contributed by atoms with Crippen molar-refractivity contribution in [3.63, 3.8) is 0 Å². The SMILES string of the molecule is CCN(C(=O)c1ccc(OCCOC)cc1)c1ccccc1. The molecule has 0 aliphatic rings. The van der Waals surface area contributed by atoms with Crippen LogP contribution in [-0.4, -0.2) is 32.8 Å². The smallest absolute Gasteiger partial charge is 0.258 e. The van der Waals surface area contributed by atoms with Gasteiger partial charge in [0.2, 0.25) is 0 Å². The number of nitrogens with zero attached hydrogens (tertiary/aromatic N) is 1. The second-order valence-electron chi connectivity index (χ2n) is 4.75. The number of hydrogen-bond donors (Lipinski definition) is 0. The lowest BCUT2D eigenvalue weighted by atomic mass is 10.1. The molecule has 0 aliphatic heterocycles. The van der Waals surface area contributed by atoms with Gasteiger partial charge >= 0.3 is 0 Å². The molecule has 2 rings (SSSR count). The summed E-state index contributed by atoms with van der Waals surface area (Å²) in [6.45, 7) is 3.62. The molecule has 116 valence electrons. The zero-order valence-electron chi connectivity index (χ0n) is 13.0. The maximum atomic E-state index is 12.6. The average Bonchev–Trinajstić information content (AvgIpc) is 2.57. The Morgan fingerprint density at radius 2 is 1.68 bits per heavy atom. The van der Waals surface area contributed by atoms with Crippen molar-refractivity contribution in [1.82, 2.24) is 0 Å². The van der Waals surface area contributed by atoms with Gasteiger partial charge in [-0.15, -0.1) is 0 Å². The summed E-state index contributed by atoms with van der Waals surface area (Å²) in [6, 6.07) is 16.9. The van der Waals surface area contributed by atoms with Gasteiger partial charge in [0, 0.05) is 24.9 Å². The summed E-state index contributed by atoms with van der Waals surface area (Å²) in [4.78, 5) is 14.4. The molecule has 0 spiro atoms. The quantitative estimate of drug-likeness (QED) is 0.736. The van der Waals surface area contributed by atoms with E-state index >= 15 is 0 Å². The molecule has 0 saturated heterocycles. The molecule has 0 saturated carbocycles. The highest BCUT2D eigenvalue weighted by atomic mass is 16.5. The predicted molar refractivity (Wildman–Crippen MR) is 87.6 cm³/mol. The van der Waals surface area contributed by atoms with Crippen LogP contribution in [0, 0.1) is 0 Å². The van der Waals surface area contributed by atoms with E-state index in [0.29, 0.717) is 25.3 Å². The lowest BCUT2D eigenvalue weighted by Crippen LogP contribution is -2.30. The van der Waals surface area contributed by atoms with Gasteiger partial charge < -0.3 is 14.4 Å². The number of anilines is 1. The summed E-state index contributed by atoms with van der Waals surface area (Å²) in [5.41, 5.74) is 1.54. The molecule has 4 heteroatoms. The van der Waals surface area contributed by atoms with Gasteiger partial charge in [-0.2, -0.15) is 0 Å². The molecule has 0 aliphatic carbocycles. The Morgan fingerprint density at radius 1 is 1.00 bits per heavy atom. The van der Waals surface area contributed by atoms with Gasteiger partial charge in [0.05, 0.1) is 6.61 Å². The van der Waals surface area contributed by atoms with Gasteiger partial charge in [-0.3, -0.25) is 4.79 Å². The minimum Gasteiger partial charge on any atom is -0.491 e. The largest absolute Gasteiger partial charge is 0.491 e. The maximum absolute atomic E-state index is 12.6. The Bertz CT molecular complexity index is 581. The minimum atomic E-state index is -0.0165. The van der Waals surface area contributed by atoms with Crippen LogP contribution in [-0.2, 0) is 4.74 Å². The summed E-state index contributed by atoms with van der Waals surface area (Å²) < 4.78 is 10.4. The molecular weight excluding hydrogens is 278 g/mol. The molecule has 0 aromatic heterocycles. The summed E-state index contributed by atoms with van der Waals surface area (Å²) >= 11 is 0. The maximum Gasteiger partial charge on any atom is 0.258 e. The van der Waals surface area contributed by atoms with Crippen molar-refractivity contribution in [2.24, 2.45) is 0 Å². The number of benzene rings is 2. The van der Waals surface area contributed by atoms with Crippen molar-refractivity contribution >= 4 is 11.6 Å². The number of para-hydroxylation sites is 1. The van der Waals surface area contributed by atoms with Crippen molar-refractivity contribution in [3.05, 3.63) is 60.2 Å². The Labute approximate surface area is 131 Å². The molecule has 0 atom stereocenters. The van der Waals surface area contributed by atoms with Crippen LogP contribution in [0.4, 0.5) is 5.69 Å². The van der Waals surface area contributed by atoms with Crippen LogP contribution < -0.4 is 9.64 Å². The normalized spacial score (nSPS) is 10.3. The van der Waals surface area contributed by atoms with Gasteiger partial charge in [0.15, 0.2) is 0 Å².